The topological polar surface area (TPSA) is 51.7 Å². The molecule has 94 valence electrons. The lowest BCUT2D eigenvalue weighted by atomic mass is 10.2. The molecule has 0 saturated heterocycles. The van der Waals surface area contributed by atoms with Crippen LogP contribution in [0.15, 0.2) is 18.3 Å². The lowest BCUT2D eigenvalue weighted by molar-refractivity contribution is -0.139. The molecule has 0 aliphatic rings. The zero-order valence-electron chi connectivity index (χ0n) is 10.6. The third-order valence-corrected chi connectivity index (χ3v) is 2.41. The molecule has 5 nitrogen and oxygen atoms in total. The molecule has 1 aromatic heterocycles. The maximum atomic E-state index is 11.3. The van der Waals surface area contributed by atoms with Gasteiger partial charge in [0.1, 0.15) is 6.54 Å². The fourth-order valence-electron chi connectivity index (χ4n) is 1.46. The van der Waals surface area contributed by atoms with Crippen molar-refractivity contribution in [2.24, 2.45) is 0 Å². The summed E-state index contributed by atoms with van der Waals surface area (Å²) in [4.78, 5) is 17.3. The summed E-state index contributed by atoms with van der Waals surface area (Å²) in [5.74, 6) is 0.257. The molecule has 0 aliphatic heterocycles. The average Bonchev–Trinajstić information content (AvgIpc) is 2.35. The van der Waals surface area contributed by atoms with Gasteiger partial charge in [-0.25, -0.2) is 4.98 Å². The third-order valence-electron chi connectivity index (χ3n) is 2.41. The molecule has 1 rings (SSSR count). The highest BCUT2D eigenvalue weighted by molar-refractivity contribution is 5.76. The van der Waals surface area contributed by atoms with Crippen LogP contribution in [0.3, 0.4) is 0 Å². The number of carbonyl (C=O) groups is 1. The summed E-state index contributed by atoms with van der Waals surface area (Å²) in [6.45, 7) is 4.23. The van der Waals surface area contributed by atoms with E-state index in [-0.39, 0.29) is 18.6 Å². The molecule has 0 amide bonds. The zero-order valence-corrected chi connectivity index (χ0v) is 10.6. The Kier molecular flexibility index (Phi) is 4.75. The zero-order chi connectivity index (χ0) is 12.8. The number of nitrogens with zero attached hydrogens (tertiary/aromatic N) is 2. The first-order valence-corrected chi connectivity index (χ1v) is 5.42. The second kappa shape index (κ2) is 6.08. The van der Waals surface area contributed by atoms with E-state index >= 15 is 0 Å². The molecule has 0 spiro atoms. The number of esters is 1. The van der Waals surface area contributed by atoms with Gasteiger partial charge in [-0.2, -0.15) is 0 Å². The smallest absolute Gasteiger partial charge is 0.325 e. The van der Waals surface area contributed by atoms with Crippen molar-refractivity contribution >= 4 is 11.7 Å². The first-order chi connectivity index (χ1) is 8.08. The van der Waals surface area contributed by atoms with Crippen LogP contribution in [0.4, 0.5) is 5.69 Å². The molecule has 0 aromatic carbocycles. The summed E-state index contributed by atoms with van der Waals surface area (Å²) in [6, 6.07) is 3.82. The normalized spacial score (nSPS) is 10.2. The highest BCUT2D eigenvalue weighted by atomic mass is 16.5. The van der Waals surface area contributed by atoms with Gasteiger partial charge in [-0.15, -0.1) is 0 Å². The Hall–Kier alpha value is -1.78. The second-order valence-corrected chi connectivity index (χ2v) is 3.85. The number of rotatable bonds is 5. The van der Waals surface area contributed by atoms with Gasteiger partial charge in [-0.1, -0.05) is 0 Å². The Morgan fingerprint density at radius 2 is 2.18 bits per heavy atom. The quantitative estimate of drug-likeness (QED) is 0.727. The molecule has 0 radical (unpaired) electrons. The van der Waals surface area contributed by atoms with Crippen LogP contribution < -0.4 is 9.64 Å². The standard InChI is InChI=1S/C12H18N2O3/c1-9(2)14(8-12(15)17-4)10-5-6-13-11(7-10)16-3/h5-7,9H,8H2,1-4H3. The molecule has 5 heteroatoms. The van der Waals surface area contributed by atoms with Gasteiger partial charge >= 0.3 is 5.97 Å². The Morgan fingerprint density at radius 1 is 1.47 bits per heavy atom. The number of methoxy groups -OCH3 is 2. The van der Waals surface area contributed by atoms with Crippen LogP contribution in [0.2, 0.25) is 0 Å². The van der Waals surface area contributed by atoms with E-state index in [2.05, 4.69) is 9.72 Å². The Balaban J connectivity index is 2.92. The van der Waals surface area contributed by atoms with Gasteiger partial charge in [0.2, 0.25) is 5.88 Å². The fourth-order valence-corrected chi connectivity index (χ4v) is 1.46. The summed E-state index contributed by atoms with van der Waals surface area (Å²) >= 11 is 0. The largest absolute Gasteiger partial charge is 0.481 e. The minimum Gasteiger partial charge on any atom is -0.481 e. The van der Waals surface area contributed by atoms with E-state index in [1.54, 1.807) is 19.4 Å². The molecule has 0 saturated carbocycles. The van der Waals surface area contributed by atoms with Crippen molar-refractivity contribution in [3.05, 3.63) is 18.3 Å². The van der Waals surface area contributed by atoms with Gasteiger partial charge in [0.15, 0.2) is 0 Å². The van der Waals surface area contributed by atoms with Crippen molar-refractivity contribution in [2.45, 2.75) is 19.9 Å². The van der Waals surface area contributed by atoms with Crippen LogP contribution in [-0.2, 0) is 9.53 Å². The predicted octanol–water partition coefficient (Wildman–Crippen LogP) is 1.48. The van der Waals surface area contributed by atoms with Gasteiger partial charge < -0.3 is 14.4 Å². The van der Waals surface area contributed by atoms with Crippen molar-refractivity contribution in [2.75, 3.05) is 25.7 Å². The van der Waals surface area contributed by atoms with Gasteiger partial charge in [0.05, 0.1) is 14.2 Å². The van der Waals surface area contributed by atoms with E-state index in [1.165, 1.54) is 7.11 Å². The highest BCUT2D eigenvalue weighted by Gasteiger charge is 2.15. The van der Waals surface area contributed by atoms with E-state index in [1.807, 2.05) is 24.8 Å². The van der Waals surface area contributed by atoms with Crippen LogP contribution in [-0.4, -0.2) is 37.8 Å². The molecule has 1 aromatic rings. The Morgan fingerprint density at radius 3 is 2.71 bits per heavy atom. The Labute approximate surface area is 101 Å². The molecule has 0 unspecified atom stereocenters. The van der Waals surface area contributed by atoms with E-state index in [9.17, 15) is 4.79 Å². The number of aromatic nitrogens is 1. The maximum absolute atomic E-state index is 11.3. The Bertz CT molecular complexity index is 380. The average molecular weight is 238 g/mol. The van der Waals surface area contributed by atoms with E-state index < -0.39 is 0 Å². The first-order valence-electron chi connectivity index (χ1n) is 5.42. The molecule has 0 aliphatic carbocycles. The monoisotopic (exact) mass is 238 g/mol. The van der Waals surface area contributed by atoms with Crippen LogP contribution in [0, 0.1) is 0 Å². The van der Waals surface area contributed by atoms with Crippen LogP contribution in [0.1, 0.15) is 13.8 Å². The minimum atomic E-state index is -0.269. The van der Waals surface area contributed by atoms with Gasteiger partial charge in [0, 0.05) is 24.0 Å². The van der Waals surface area contributed by atoms with Crippen molar-refractivity contribution in [1.29, 1.82) is 0 Å². The van der Waals surface area contributed by atoms with Gasteiger partial charge in [-0.3, -0.25) is 4.79 Å². The highest BCUT2D eigenvalue weighted by Crippen LogP contribution is 2.20. The van der Waals surface area contributed by atoms with Gasteiger partial charge in [0.25, 0.3) is 0 Å². The van der Waals surface area contributed by atoms with Gasteiger partial charge in [-0.05, 0) is 19.9 Å². The molecular formula is C12H18N2O3. The number of ether oxygens (including phenoxy) is 2. The lowest BCUT2D eigenvalue weighted by Gasteiger charge is -2.27. The summed E-state index contributed by atoms with van der Waals surface area (Å²) in [6.07, 6.45) is 1.65. The SMILES string of the molecule is COC(=O)CN(c1ccnc(OC)c1)C(C)C. The molecule has 17 heavy (non-hydrogen) atoms. The summed E-state index contributed by atoms with van der Waals surface area (Å²) < 4.78 is 9.74. The molecular weight excluding hydrogens is 220 g/mol. The maximum Gasteiger partial charge on any atom is 0.325 e. The van der Waals surface area contributed by atoms with E-state index in [0.29, 0.717) is 5.88 Å². The van der Waals surface area contributed by atoms with Crippen molar-refractivity contribution < 1.29 is 14.3 Å². The second-order valence-electron chi connectivity index (χ2n) is 3.85. The van der Waals surface area contributed by atoms with Crippen molar-refractivity contribution in [3.8, 4) is 5.88 Å². The summed E-state index contributed by atoms with van der Waals surface area (Å²) in [5.41, 5.74) is 0.886. The summed E-state index contributed by atoms with van der Waals surface area (Å²) in [7, 11) is 2.94. The van der Waals surface area contributed by atoms with Crippen LogP contribution in [0.25, 0.3) is 0 Å². The van der Waals surface area contributed by atoms with E-state index in [0.717, 1.165) is 5.69 Å². The number of carbonyl (C=O) groups excluding carboxylic acids is 1. The molecule has 0 N–H and O–H groups in total. The molecule has 0 bridgehead atoms. The number of pyridine rings is 1. The molecule has 0 fully saturated rings. The third kappa shape index (κ3) is 3.62. The molecule has 1 heterocycles. The lowest BCUT2D eigenvalue weighted by Crippen LogP contribution is -2.36. The first kappa shape index (κ1) is 13.3. The van der Waals surface area contributed by atoms with Crippen LogP contribution >= 0.6 is 0 Å². The fraction of sp³-hybridized carbons (Fsp3) is 0.500. The summed E-state index contributed by atoms with van der Waals surface area (Å²) in [5, 5.41) is 0. The van der Waals surface area contributed by atoms with E-state index in [4.69, 9.17) is 4.74 Å². The number of hydrogen-bond acceptors (Lipinski definition) is 5. The number of anilines is 1. The number of hydrogen-bond donors (Lipinski definition) is 0. The van der Waals surface area contributed by atoms with Crippen molar-refractivity contribution in [3.63, 3.8) is 0 Å². The van der Waals surface area contributed by atoms with Crippen LogP contribution in [0.5, 0.6) is 5.88 Å². The molecule has 0 atom stereocenters. The van der Waals surface area contributed by atoms with Crippen molar-refractivity contribution in [1.82, 2.24) is 4.98 Å². The minimum absolute atomic E-state index is 0.182. The predicted molar refractivity (Wildman–Crippen MR) is 65.3 cm³/mol.